The van der Waals surface area contributed by atoms with Gasteiger partial charge in [0.05, 0.1) is 30.5 Å². The molecule has 0 fully saturated rings. The number of carbonyl (C=O) groups excluding carboxylic acids is 1. The number of amides is 1. The molecule has 1 atom stereocenters. The van der Waals surface area contributed by atoms with E-state index in [9.17, 15) is 4.79 Å². The van der Waals surface area contributed by atoms with Crippen LogP contribution in [0.2, 0.25) is 0 Å². The normalized spacial score (nSPS) is 12.1. The number of imidazole rings is 1. The van der Waals surface area contributed by atoms with Gasteiger partial charge in [-0.15, -0.1) is 0 Å². The van der Waals surface area contributed by atoms with Crippen LogP contribution in [-0.2, 0) is 11.3 Å². The Morgan fingerprint density at radius 1 is 1.20 bits per heavy atom. The number of carbonyl (C=O) groups is 1. The van der Waals surface area contributed by atoms with Crippen LogP contribution in [0.3, 0.4) is 0 Å². The van der Waals surface area contributed by atoms with E-state index in [4.69, 9.17) is 4.74 Å². The van der Waals surface area contributed by atoms with Gasteiger partial charge in [0.1, 0.15) is 5.75 Å². The summed E-state index contributed by atoms with van der Waals surface area (Å²) < 4.78 is 7.44. The van der Waals surface area contributed by atoms with Crippen LogP contribution in [0.25, 0.3) is 11.0 Å². The molecule has 0 aliphatic carbocycles. The van der Waals surface area contributed by atoms with Gasteiger partial charge in [0.15, 0.2) is 0 Å². The van der Waals surface area contributed by atoms with Gasteiger partial charge in [0.2, 0.25) is 5.91 Å². The van der Waals surface area contributed by atoms with E-state index in [1.54, 1.807) is 18.3 Å². The van der Waals surface area contributed by atoms with Gasteiger partial charge in [-0.3, -0.25) is 4.79 Å². The monoisotopic (exact) mass is 337 g/mol. The van der Waals surface area contributed by atoms with Crippen molar-refractivity contribution in [2.24, 2.45) is 0 Å². The molecule has 3 aromatic rings. The Hall–Kier alpha value is -2.82. The average Bonchev–Trinajstić information content (AvgIpc) is 3.08. The summed E-state index contributed by atoms with van der Waals surface area (Å²) in [5.41, 5.74) is 3.01. The zero-order valence-corrected chi connectivity index (χ0v) is 14.8. The summed E-state index contributed by atoms with van der Waals surface area (Å²) in [6, 6.07) is 15.7. The quantitative estimate of drug-likeness (QED) is 0.690. The molecule has 0 saturated carbocycles. The topological polar surface area (TPSA) is 47.4 Å². The van der Waals surface area contributed by atoms with Crippen molar-refractivity contribution in [3.8, 4) is 5.75 Å². The van der Waals surface area contributed by atoms with Crippen molar-refractivity contribution in [3.63, 3.8) is 0 Å². The summed E-state index contributed by atoms with van der Waals surface area (Å²) in [5.74, 6) is 0.895. The van der Waals surface area contributed by atoms with E-state index < -0.39 is 0 Å². The van der Waals surface area contributed by atoms with E-state index in [2.05, 4.69) is 4.98 Å². The minimum absolute atomic E-state index is 0.0526. The lowest BCUT2D eigenvalue weighted by Gasteiger charge is -2.26. The maximum atomic E-state index is 12.6. The molecule has 2 aromatic carbocycles. The van der Waals surface area contributed by atoms with Gasteiger partial charge in [0.25, 0.3) is 0 Å². The first kappa shape index (κ1) is 17.0. The van der Waals surface area contributed by atoms with Crippen molar-refractivity contribution in [2.75, 3.05) is 14.2 Å². The second-order valence-corrected chi connectivity index (χ2v) is 6.10. The fraction of sp³-hybridized carbons (Fsp3) is 0.300. The zero-order valence-electron chi connectivity index (χ0n) is 14.8. The van der Waals surface area contributed by atoms with Crippen molar-refractivity contribution in [1.29, 1.82) is 0 Å². The van der Waals surface area contributed by atoms with E-state index in [0.717, 1.165) is 22.3 Å². The largest absolute Gasteiger partial charge is 0.496 e. The number of nitrogens with zero attached hydrogens (tertiary/aromatic N) is 3. The average molecular weight is 337 g/mol. The molecule has 0 aliphatic heterocycles. The lowest BCUT2D eigenvalue weighted by Crippen LogP contribution is -2.30. The summed E-state index contributed by atoms with van der Waals surface area (Å²) in [5, 5.41) is 0. The fourth-order valence-corrected chi connectivity index (χ4v) is 3.02. The van der Waals surface area contributed by atoms with E-state index in [1.807, 2.05) is 67.1 Å². The van der Waals surface area contributed by atoms with Crippen LogP contribution in [0.1, 0.15) is 24.9 Å². The maximum Gasteiger partial charge on any atom is 0.224 e. The Morgan fingerprint density at radius 2 is 1.92 bits per heavy atom. The predicted molar refractivity (Wildman–Crippen MR) is 98.5 cm³/mol. The molecule has 0 N–H and O–H groups in total. The number of fused-ring (bicyclic) bond motifs is 1. The minimum atomic E-state index is -0.0526. The van der Waals surface area contributed by atoms with Gasteiger partial charge in [-0.25, -0.2) is 4.98 Å². The molecule has 0 bridgehead atoms. The van der Waals surface area contributed by atoms with Gasteiger partial charge in [0, 0.05) is 25.6 Å². The van der Waals surface area contributed by atoms with Gasteiger partial charge in [-0.05, 0) is 25.1 Å². The highest BCUT2D eigenvalue weighted by Crippen LogP contribution is 2.28. The number of methoxy groups -OCH3 is 1. The first-order chi connectivity index (χ1) is 12.1. The molecule has 0 radical (unpaired) electrons. The molecule has 5 heteroatoms. The standard InChI is InChI=1S/C20H23N3O2/c1-15(16-8-4-7-11-19(16)25-3)22(2)20(24)12-13-23-14-21-17-9-5-6-10-18(17)23/h4-11,14-15H,12-13H2,1-3H3. The Labute approximate surface area is 147 Å². The van der Waals surface area contributed by atoms with Crippen molar-refractivity contribution < 1.29 is 9.53 Å². The zero-order chi connectivity index (χ0) is 17.8. The lowest BCUT2D eigenvalue weighted by atomic mass is 10.1. The molecular formula is C20H23N3O2. The third-order valence-electron chi connectivity index (χ3n) is 4.66. The second-order valence-electron chi connectivity index (χ2n) is 6.10. The molecule has 1 amide bonds. The SMILES string of the molecule is COc1ccccc1C(C)N(C)C(=O)CCn1cnc2ccccc21. The van der Waals surface area contributed by atoms with E-state index >= 15 is 0 Å². The van der Waals surface area contributed by atoms with Crippen LogP contribution in [0, 0.1) is 0 Å². The Morgan fingerprint density at radius 3 is 2.72 bits per heavy atom. The number of hydrogen-bond donors (Lipinski definition) is 0. The van der Waals surface area contributed by atoms with Crippen molar-refractivity contribution in [2.45, 2.75) is 25.9 Å². The number of para-hydroxylation sites is 3. The van der Waals surface area contributed by atoms with Gasteiger partial charge >= 0.3 is 0 Å². The van der Waals surface area contributed by atoms with Crippen LogP contribution in [-0.4, -0.2) is 34.5 Å². The Kier molecular flexibility index (Phi) is 5.03. The molecule has 5 nitrogen and oxygen atoms in total. The summed E-state index contributed by atoms with van der Waals surface area (Å²) in [6.45, 7) is 2.63. The number of benzene rings is 2. The Bertz CT molecular complexity index is 872. The molecule has 1 aromatic heterocycles. The van der Waals surface area contributed by atoms with Gasteiger partial charge in [-0.2, -0.15) is 0 Å². The van der Waals surface area contributed by atoms with Crippen molar-refractivity contribution in [1.82, 2.24) is 14.5 Å². The summed E-state index contributed by atoms with van der Waals surface area (Å²) >= 11 is 0. The molecular weight excluding hydrogens is 314 g/mol. The van der Waals surface area contributed by atoms with E-state index in [1.165, 1.54) is 0 Å². The lowest BCUT2D eigenvalue weighted by molar-refractivity contribution is -0.132. The van der Waals surface area contributed by atoms with Crippen LogP contribution in [0.5, 0.6) is 5.75 Å². The van der Waals surface area contributed by atoms with Crippen LogP contribution in [0.15, 0.2) is 54.9 Å². The maximum absolute atomic E-state index is 12.6. The van der Waals surface area contributed by atoms with Crippen LogP contribution in [0.4, 0.5) is 0 Å². The molecule has 0 aliphatic rings. The van der Waals surface area contributed by atoms with Crippen molar-refractivity contribution >= 4 is 16.9 Å². The highest BCUT2D eigenvalue weighted by Gasteiger charge is 2.20. The highest BCUT2D eigenvalue weighted by molar-refractivity contribution is 5.78. The molecule has 1 heterocycles. The number of hydrogen-bond acceptors (Lipinski definition) is 3. The van der Waals surface area contributed by atoms with E-state index in [-0.39, 0.29) is 11.9 Å². The van der Waals surface area contributed by atoms with Crippen LogP contribution < -0.4 is 4.74 Å². The molecule has 0 spiro atoms. The summed E-state index contributed by atoms with van der Waals surface area (Å²) in [6.07, 6.45) is 2.22. The first-order valence-corrected chi connectivity index (χ1v) is 8.40. The van der Waals surface area contributed by atoms with E-state index in [0.29, 0.717) is 13.0 Å². The molecule has 130 valence electrons. The first-order valence-electron chi connectivity index (χ1n) is 8.40. The third kappa shape index (κ3) is 3.50. The van der Waals surface area contributed by atoms with Crippen LogP contribution >= 0.6 is 0 Å². The number of aryl methyl sites for hydroxylation is 1. The van der Waals surface area contributed by atoms with Gasteiger partial charge < -0.3 is 14.2 Å². The second kappa shape index (κ2) is 7.38. The third-order valence-corrected chi connectivity index (χ3v) is 4.66. The summed E-state index contributed by atoms with van der Waals surface area (Å²) in [4.78, 5) is 18.8. The highest BCUT2D eigenvalue weighted by atomic mass is 16.5. The molecule has 1 unspecified atom stereocenters. The molecule has 25 heavy (non-hydrogen) atoms. The molecule has 0 saturated heterocycles. The Balaban J connectivity index is 1.68. The number of ether oxygens (including phenoxy) is 1. The summed E-state index contributed by atoms with van der Waals surface area (Å²) in [7, 11) is 3.49. The predicted octanol–water partition coefficient (Wildman–Crippen LogP) is 3.65. The molecule has 3 rings (SSSR count). The number of rotatable bonds is 6. The minimum Gasteiger partial charge on any atom is -0.496 e. The van der Waals surface area contributed by atoms with Crippen molar-refractivity contribution in [3.05, 3.63) is 60.4 Å². The fourth-order valence-electron chi connectivity index (χ4n) is 3.02. The van der Waals surface area contributed by atoms with Gasteiger partial charge in [-0.1, -0.05) is 30.3 Å². The smallest absolute Gasteiger partial charge is 0.224 e. The number of aromatic nitrogens is 2.